The summed E-state index contributed by atoms with van der Waals surface area (Å²) in [6.07, 6.45) is 1.44. The Bertz CT molecular complexity index is 586. The summed E-state index contributed by atoms with van der Waals surface area (Å²) in [6.45, 7) is 0. The number of halogens is 2. The van der Waals surface area contributed by atoms with Crippen LogP contribution < -0.4 is 10.1 Å². The molecule has 4 heteroatoms. The van der Waals surface area contributed by atoms with E-state index in [0.717, 1.165) is 12.2 Å². The highest BCUT2D eigenvalue weighted by molar-refractivity contribution is 6.30. The number of hydrogen-bond donors (Lipinski definition) is 1. The summed E-state index contributed by atoms with van der Waals surface area (Å²) in [5, 5.41) is 3.66. The lowest BCUT2D eigenvalue weighted by atomic mass is 9.99. The first-order chi connectivity index (χ1) is 10.1. The molecule has 2 aromatic rings. The van der Waals surface area contributed by atoms with Crippen LogP contribution in [0.2, 0.25) is 5.02 Å². The van der Waals surface area contributed by atoms with Gasteiger partial charge in [-0.05, 0) is 55.3 Å². The van der Waals surface area contributed by atoms with Gasteiger partial charge in [-0.2, -0.15) is 0 Å². The van der Waals surface area contributed by atoms with Gasteiger partial charge < -0.3 is 10.1 Å². The lowest BCUT2D eigenvalue weighted by molar-refractivity contribution is 0.414. The normalized spacial score (nSPS) is 12.2. The molecule has 0 saturated carbocycles. The van der Waals surface area contributed by atoms with Gasteiger partial charge >= 0.3 is 0 Å². The maximum atomic E-state index is 13.9. The van der Waals surface area contributed by atoms with Gasteiger partial charge in [-0.3, -0.25) is 0 Å². The van der Waals surface area contributed by atoms with Crippen molar-refractivity contribution in [1.29, 1.82) is 0 Å². The van der Waals surface area contributed by atoms with Gasteiger partial charge in [0.1, 0.15) is 11.6 Å². The zero-order valence-electron chi connectivity index (χ0n) is 12.2. The van der Waals surface area contributed by atoms with Crippen LogP contribution in [0, 0.1) is 5.82 Å². The fourth-order valence-corrected chi connectivity index (χ4v) is 2.43. The Morgan fingerprint density at radius 2 is 1.86 bits per heavy atom. The van der Waals surface area contributed by atoms with Crippen LogP contribution in [0.5, 0.6) is 5.75 Å². The van der Waals surface area contributed by atoms with Gasteiger partial charge in [0.15, 0.2) is 0 Å². The van der Waals surface area contributed by atoms with Gasteiger partial charge in [-0.15, -0.1) is 0 Å². The van der Waals surface area contributed by atoms with E-state index in [0.29, 0.717) is 17.0 Å². The van der Waals surface area contributed by atoms with E-state index in [1.165, 1.54) is 11.6 Å². The highest BCUT2D eigenvalue weighted by atomic mass is 35.5. The smallest absolute Gasteiger partial charge is 0.127 e. The fourth-order valence-electron chi connectivity index (χ4n) is 2.28. The molecule has 2 nitrogen and oxygen atoms in total. The molecule has 0 radical (unpaired) electrons. The van der Waals surface area contributed by atoms with Crippen molar-refractivity contribution in [2.75, 3.05) is 14.2 Å². The average molecular weight is 308 g/mol. The second kappa shape index (κ2) is 7.43. The fraction of sp³-hybridized carbons (Fsp3) is 0.294. The number of rotatable bonds is 6. The van der Waals surface area contributed by atoms with Crippen molar-refractivity contribution >= 4 is 11.6 Å². The Labute approximate surface area is 129 Å². The summed E-state index contributed by atoms with van der Waals surface area (Å²) in [5.41, 5.74) is 1.86. The van der Waals surface area contributed by atoms with Gasteiger partial charge in [-0.1, -0.05) is 29.8 Å². The van der Waals surface area contributed by atoms with Crippen LogP contribution in [0.1, 0.15) is 11.1 Å². The van der Waals surface area contributed by atoms with Gasteiger partial charge in [0, 0.05) is 11.1 Å². The van der Waals surface area contributed by atoms with Crippen LogP contribution in [0.25, 0.3) is 0 Å². The first-order valence-corrected chi connectivity index (χ1v) is 7.24. The molecule has 0 spiro atoms. The summed E-state index contributed by atoms with van der Waals surface area (Å²) in [6, 6.07) is 12.9. The number of methoxy groups -OCH3 is 1. The lowest BCUT2D eigenvalue weighted by Gasteiger charge is -2.17. The molecular weight excluding hydrogens is 289 g/mol. The van der Waals surface area contributed by atoms with Crippen LogP contribution >= 0.6 is 11.6 Å². The maximum Gasteiger partial charge on any atom is 0.127 e. The minimum absolute atomic E-state index is 0.161. The molecule has 0 aliphatic carbocycles. The van der Waals surface area contributed by atoms with E-state index in [2.05, 4.69) is 5.32 Å². The minimum Gasteiger partial charge on any atom is -0.497 e. The predicted molar refractivity (Wildman–Crippen MR) is 84.7 cm³/mol. The SMILES string of the molecule is CNC(Cc1ccc(OC)cc1)Cc1ccc(Cl)cc1F. The number of ether oxygens (including phenoxy) is 1. The average Bonchev–Trinajstić information content (AvgIpc) is 2.49. The van der Waals surface area contributed by atoms with Gasteiger partial charge in [0.05, 0.1) is 7.11 Å². The van der Waals surface area contributed by atoms with Crippen molar-refractivity contribution in [2.45, 2.75) is 18.9 Å². The quantitative estimate of drug-likeness (QED) is 0.875. The van der Waals surface area contributed by atoms with E-state index in [-0.39, 0.29) is 11.9 Å². The zero-order valence-corrected chi connectivity index (χ0v) is 13.0. The van der Waals surface area contributed by atoms with Crippen molar-refractivity contribution in [3.8, 4) is 5.75 Å². The molecule has 0 aliphatic heterocycles. The van der Waals surface area contributed by atoms with Crippen molar-refractivity contribution in [3.05, 3.63) is 64.4 Å². The Hall–Kier alpha value is -1.58. The summed E-state index contributed by atoms with van der Waals surface area (Å²) in [7, 11) is 3.54. The molecule has 0 heterocycles. The Kier molecular flexibility index (Phi) is 5.59. The molecule has 0 bridgehead atoms. The zero-order chi connectivity index (χ0) is 15.2. The summed E-state index contributed by atoms with van der Waals surface area (Å²) in [4.78, 5) is 0. The Balaban J connectivity index is 2.05. The number of likely N-dealkylation sites (N-methyl/N-ethyl adjacent to an activating group) is 1. The van der Waals surface area contributed by atoms with Crippen molar-refractivity contribution in [1.82, 2.24) is 5.32 Å². The van der Waals surface area contributed by atoms with Gasteiger partial charge in [-0.25, -0.2) is 4.39 Å². The predicted octanol–water partition coefficient (Wildman–Crippen LogP) is 3.86. The second-order valence-electron chi connectivity index (χ2n) is 4.98. The first kappa shape index (κ1) is 15.8. The number of hydrogen-bond acceptors (Lipinski definition) is 2. The summed E-state index contributed by atoms with van der Waals surface area (Å²) in [5.74, 6) is 0.584. The molecule has 0 fully saturated rings. The third kappa shape index (κ3) is 4.45. The third-order valence-electron chi connectivity index (χ3n) is 3.53. The number of nitrogens with one attached hydrogen (secondary N) is 1. The Morgan fingerprint density at radius 3 is 2.43 bits per heavy atom. The Morgan fingerprint density at radius 1 is 1.14 bits per heavy atom. The molecule has 0 aliphatic rings. The molecule has 21 heavy (non-hydrogen) atoms. The van der Waals surface area contributed by atoms with E-state index in [1.807, 2.05) is 31.3 Å². The molecule has 1 unspecified atom stereocenters. The standard InChI is InChI=1S/C17H19ClFNO/c1-20-15(9-12-3-7-16(21-2)8-4-12)10-13-5-6-14(18)11-17(13)19/h3-8,11,15,20H,9-10H2,1-2H3. The van der Waals surface area contributed by atoms with E-state index in [4.69, 9.17) is 16.3 Å². The minimum atomic E-state index is -0.252. The monoisotopic (exact) mass is 307 g/mol. The number of benzene rings is 2. The van der Waals surface area contributed by atoms with Crippen LogP contribution in [0.15, 0.2) is 42.5 Å². The highest BCUT2D eigenvalue weighted by Crippen LogP contribution is 2.18. The molecule has 0 saturated heterocycles. The molecule has 2 rings (SSSR count). The van der Waals surface area contributed by atoms with Crippen LogP contribution in [0.4, 0.5) is 4.39 Å². The van der Waals surface area contributed by atoms with Crippen molar-refractivity contribution in [3.63, 3.8) is 0 Å². The summed E-state index contributed by atoms with van der Waals surface area (Å²) >= 11 is 5.78. The summed E-state index contributed by atoms with van der Waals surface area (Å²) < 4.78 is 19.0. The topological polar surface area (TPSA) is 21.3 Å². The molecule has 0 aromatic heterocycles. The van der Waals surface area contributed by atoms with E-state index in [9.17, 15) is 4.39 Å². The first-order valence-electron chi connectivity index (χ1n) is 6.86. The van der Waals surface area contributed by atoms with Crippen LogP contribution in [0.3, 0.4) is 0 Å². The van der Waals surface area contributed by atoms with Gasteiger partial charge in [0.2, 0.25) is 0 Å². The molecule has 0 amide bonds. The highest BCUT2D eigenvalue weighted by Gasteiger charge is 2.12. The molecule has 1 atom stereocenters. The molecule has 1 N–H and O–H groups in total. The van der Waals surface area contributed by atoms with Crippen LogP contribution in [-0.4, -0.2) is 20.2 Å². The second-order valence-corrected chi connectivity index (χ2v) is 5.41. The third-order valence-corrected chi connectivity index (χ3v) is 3.77. The van der Waals surface area contributed by atoms with Crippen molar-refractivity contribution < 1.29 is 9.13 Å². The van der Waals surface area contributed by atoms with Crippen molar-refractivity contribution in [2.24, 2.45) is 0 Å². The van der Waals surface area contributed by atoms with Crippen LogP contribution in [-0.2, 0) is 12.8 Å². The molecular formula is C17H19ClFNO. The van der Waals surface area contributed by atoms with E-state index in [1.54, 1.807) is 19.2 Å². The molecule has 2 aromatic carbocycles. The molecule has 112 valence electrons. The maximum absolute atomic E-state index is 13.9. The van der Waals surface area contributed by atoms with E-state index < -0.39 is 0 Å². The van der Waals surface area contributed by atoms with E-state index >= 15 is 0 Å². The largest absolute Gasteiger partial charge is 0.497 e. The van der Waals surface area contributed by atoms with Gasteiger partial charge in [0.25, 0.3) is 0 Å². The lowest BCUT2D eigenvalue weighted by Crippen LogP contribution is -2.30.